The molecule has 29 heavy (non-hydrogen) atoms. The quantitative estimate of drug-likeness (QED) is 0.508. The first-order chi connectivity index (χ1) is 13.9. The molecule has 0 fully saturated rings. The van der Waals surface area contributed by atoms with Gasteiger partial charge in [0.15, 0.2) is 17.0 Å². The van der Waals surface area contributed by atoms with Gasteiger partial charge in [-0.2, -0.15) is 0 Å². The molecular formula is C22H20FN5O. The van der Waals surface area contributed by atoms with Gasteiger partial charge in [-0.1, -0.05) is 36.4 Å². The molecule has 0 spiro atoms. The summed E-state index contributed by atoms with van der Waals surface area (Å²) in [6.45, 7) is 5.26. The molecule has 4 aromatic rings. The van der Waals surface area contributed by atoms with Gasteiger partial charge in [-0.25, -0.2) is 19.3 Å². The molecule has 2 heterocycles. The maximum absolute atomic E-state index is 13.9. The largest absolute Gasteiger partial charge is 0.386 e. The van der Waals surface area contributed by atoms with E-state index in [0.29, 0.717) is 28.4 Å². The Balaban J connectivity index is 2.01. The Morgan fingerprint density at radius 2 is 1.90 bits per heavy atom. The van der Waals surface area contributed by atoms with Crippen molar-refractivity contribution in [2.75, 3.05) is 5.73 Å². The summed E-state index contributed by atoms with van der Waals surface area (Å²) in [7, 11) is 0. The molecule has 0 aliphatic rings. The molecule has 4 rings (SSSR count). The minimum absolute atomic E-state index is 0.145. The van der Waals surface area contributed by atoms with Crippen molar-refractivity contribution in [1.29, 1.82) is 0 Å². The monoisotopic (exact) mass is 389 g/mol. The normalized spacial score (nSPS) is 13.3. The summed E-state index contributed by atoms with van der Waals surface area (Å²) >= 11 is 0. The third-order valence-corrected chi connectivity index (χ3v) is 4.63. The summed E-state index contributed by atoms with van der Waals surface area (Å²) in [4.78, 5) is 13.5. The number of halogens is 1. The number of benzene rings is 2. The van der Waals surface area contributed by atoms with Gasteiger partial charge in [-0.15, -0.1) is 6.58 Å². The van der Waals surface area contributed by atoms with Crippen LogP contribution in [0.15, 0.2) is 67.3 Å². The van der Waals surface area contributed by atoms with Crippen molar-refractivity contribution in [3.8, 4) is 17.1 Å². The fourth-order valence-electron chi connectivity index (χ4n) is 3.14. The van der Waals surface area contributed by atoms with Crippen molar-refractivity contribution in [1.82, 2.24) is 19.5 Å². The first-order valence-electron chi connectivity index (χ1n) is 9.10. The standard InChI is InChI=1S/C22H20FN5O/c1-3-22(2,29)13-17-25-19(24)18-21(26-17)28(16-10-5-4-6-11-16)20(27-18)14-8-7-9-15(23)12-14/h3-12,29H,1,13H2,2H3,(H2,24,25,26). The van der Waals surface area contributed by atoms with Crippen molar-refractivity contribution < 1.29 is 9.50 Å². The summed E-state index contributed by atoms with van der Waals surface area (Å²) in [6, 6.07) is 15.7. The van der Waals surface area contributed by atoms with E-state index >= 15 is 0 Å². The van der Waals surface area contributed by atoms with Crippen LogP contribution in [-0.4, -0.2) is 30.2 Å². The maximum Gasteiger partial charge on any atom is 0.170 e. The van der Waals surface area contributed by atoms with Gasteiger partial charge in [0.25, 0.3) is 0 Å². The number of hydrogen-bond donors (Lipinski definition) is 2. The average molecular weight is 389 g/mol. The zero-order valence-electron chi connectivity index (χ0n) is 15.9. The highest BCUT2D eigenvalue weighted by Crippen LogP contribution is 2.30. The molecule has 0 radical (unpaired) electrons. The van der Waals surface area contributed by atoms with Crippen LogP contribution >= 0.6 is 0 Å². The van der Waals surface area contributed by atoms with Gasteiger partial charge in [0.2, 0.25) is 0 Å². The molecule has 0 saturated carbocycles. The van der Waals surface area contributed by atoms with Crippen LogP contribution in [0.25, 0.3) is 28.2 Å². The minimum atomic E-state index is -1.18. The summed E-state index contributed by atoms with van der Waals surface area (Å²) < 4.78 is 15.7. The summed E-state index contributed by atoms with van der Waals surface area (Å²) in [5, 5.41) is 10.3. The third kappa shape index (κ3) is 3.60. The number of hydrogen-bond acceptors (Lipinski definition) is 5. The Morgan fingerprint density at radius 1 is 1.14 bits per heavy atom. The Bertz CT molecular complexity index is 1200. The number of nitrogens with two attached hydrogens (primary N) is 1. The zero-order chi connectivity index (χ0) is 20.6. The number of anilines is 1. The molecule has 0 aliphatic carbocycles. The molecule has 7 heteroatoms. The lowest BCUT2D eigenvalue weighted by molar-refractivity contribution is 0.110. The molecular weight excluding hydrogens is 369 g/mol. The number of imidazole rings is 1. The summed E-state index contributed by atoms with van der Waals surface area (Å²) in [5.74, 6) is 0.690. The fraction of sp³-hybridized carbons (Fsp3) is 0.136. The fourth-order valence-corrected chi connectivity index (χ4v) is 3.14. The topological polar surface area (TPSA) is 89.9 Å². The second-order valence-corrected chi connectivity index (χ2v) is 7.05. The van der Waals surface area contributed by atoms with Crippen LogP contribution in [0.3, 0.4) is 0 Å². The Kier molecular flexibility index (Phi) is 4.60. The van der Waals surface area contributed by atoms with Crippen molar-refractivity contribution >= 4 is 17.0 Å². The number of nitrogen functional groups attached to an aromatic ring is 1. The second-order valence-electron chi connectivity index (χ2n) is 7.05. The molecule has 1 unspecified atom stereocenters. The molecule has 2 aromatic heterocycles. The van der Waals surface area contributed by atoms with Gasteiger partial charge < -0.3 is 10.8 Å². The second kappa shape index (κ2) is 7.10. The van der Waals surface area contributed by atoms with Crippen LogP contribution in [0, 0.1) is 5.82 Å². The highest BCUT2D eigenvalue weighted by atomic mass is 19.1. The Labute approximate surface area is 167 Å². The number of fused-ring (bicyclic) bond motifs is 1. The van der Waals surface area contributed by atoms with Crippen molar-refractivity contribution in [3.63, 3.8) is 0 Å². The smallest absolute Gasteiger partial charge is 0.170 e. The number of aliphatic hydroxyl groups is 1. The lowest BCUT2D eigenvalue weighted by Crippen LogP contribution is -2.25. The molecule has 0 amide bonds. The van der Waals surface area contributed by atoms with Crippen LogP contribution in [-0.2, 0) is 6.42 Å². The molecule has 1 atom stereocenters. The molecule has 0 saturated heterocycles. The van der Waals surface area contributed by atoms with Crippen LogP contribution < -0.4 is 5.73 Å². The van der Waals surface area contributed by atoms with Gasteiger partial charge >= 0.3 is 0 Å². The van der Waals surface area contributed by atoms with E-state index in [0.717, 1.165) is 5.69 Å². The van der Waals surface area contributed by atoms with Gasteiger partial charge in [-0.05, 0) is 31.2 Å². The average Bonchev–Trinajstić information content (AvgIpc) is 3.08. The van der Waals surface area contributed by atoms with E-state index in [4.69, 9.17) is 5.73 Å². The summed E-state index contributed by atoms with van der Waals surface area (Å²) in [5.41, 5.74) is 7.28. The predicted molar refractivity (Wildman–Crippen MR) is 111 cm³/mol. The van der Waals surface area contributed by atoms with E-state index in [1.54, 1.807) is 19.1 Å². The maximum atomic E-state index is 13.9. The molecule has 0 aliphatic heterocycles. The van der Waals surface area contributed by atoms with E-state index in [-0.39, 0.29) is 18.1 Å². The number of rotatable bonds is 5. The Hall–Kier alpha value is -3.58. The minimum Gasteiger partial charge on any atom is -0.386 e. The van der Waals surface area contributed by atoms with Gasteiger partial charge in [0.05, 0.1) is 5.60 Å². The number of nitrogens with zero attached hydrogens (tertiary/aromatic N) is 4. The molecule has 6 nitrogen and oxygen atoms in total. The zero-order valence-corrected chi connectivity index (χ0v) is 15.9. The molecule has 146 valence electrons. The van der Waals surface area contributed by atoms with E-state index in [2.05, 4.69) is 21.5 Å². The van der Waals surface area contributed by atoms with Crippen LogP contribution in [0.1, 0.15) is 12.7 Å². The molecule has 2 aromatic carbocycles. The van der Waals surface area contributed by atoms with Crippen LogP contribution in [0.2, 0.25) is 0 Å². The number of para-hydroxylation sites is 1. The lowest BCUT2D eigenvalue weighted by atomic mass is 10.0. The van der Waals surface area contributed by atoms with E-state index in [1.165, 1.54) is 18.2 Å². The highest BCUT2D eigenvalue weighted by Gasteiger charge is 2.23. The predicted octanol–water partition coefficient (Wildman–Crippen LogP) is 3.68. The first-order valence-corrected chi connectivity index (χ1v) is 9.10. The van der Waals surface area contributed by atoms with Crippen LogP contribution in [0.5, 0.6) is 0 Å². The van der Waals surface area contributed by atoms with Crippen molar-refractivity contribution in [2.24, 2.45) is 0 Å². The van der Waals surface area contributed by atoms with Crippen molar-refractivity contribution in [3.05, 3.63) is 78.9 Å². The summed E-state index contributed by atoms with van der Waals surface area (Å²) in [6.07, 6.45) is 1.58. The Morgan fingerprint density at radius 3 is 2.59 bits per heavy atom. The number of aromatic nitrogens is 4. The third-order valence-electron chi connectivity index (χ3n) is 4.63. The van der Waals surface area contributed by atoms with Gasteiger partial charge in [-0.3, -0.25) is 4.57 Å². The first kappa shape index (κ1) is 18.8. The molecule has 3 N–H and O–H groups in total. The SMILES string of the molecule is C=CC(C)(O)Cc1nc(N)c2nc(-c3cccc(F)c3)n(-c3ccccc3)c2n1. The highest BCUT2D eigenvalue weighted by molar-refractivity contribution is 5.87. The van der Waals surface area contributed by atoms with E-state index in [1.807, 2.05) is 34.9 Å². The van der Waals surface area contributed by atoms with Crippen molar-refractivity contribution in [2.45, 2.75) is 18.9 Å². The van der Waals surface area contributed by atoms with E-state index < -0.39 is 5.60 Å². The lowest BCUT2D eigenvalue weighted by Gasteiger charge is -2.17. The molecule has 0 bridgehead atoms. The van der Waals surface area contributed by atoms with E-state index in [9.17, 15) is 9.50 Å². The van der Waals surface area contributed by atoms with Gasteiger partial charge in [0, 0.05) is 17.7 Å². The van der Waals surface area contributed by atoms with Crippen LogP contribution in [0.4, 0.5) is 10.2 Å². The van der Waals surface area contributed by atoms with Gasteiger partial charge in [0.1, 0.15) is 17.5 Å².